The van der Waals surface area contributed by atoms with Crippen molar-refractivity contribution in [1.82, 2.24) is 10.2 Å². The number of alkyl halides is 2. The molecule has 0 saturated heterocycles. The number of hydrogen-bond acceptors (Lipinski definition) is 5. The number of anilines is 1. The molecule has 0 aliphatic heterocycles. The number of aryl methyl sites for hydroxylation is 1. The Balaban J connectivity index is 1.73. The molecule has 0 radical (unpaired) electrons. The molecule has 1 amide bonds. The Morgan fingerprint density at radius 1 is 1.21 bits per heavy atom. The fourth-order valence-corrected chi connectivity index (χ4v) is 2.48. The Morgan fingerprint density at radius 2 is 1.93 bits per heavy atom. The van der Waals surface area contributed by atoms with E-state index in [0.717, 1.165) is 0 Å². The molecule has 2 aromatic carbocycles. The molecular weight excluding hydrogens is 374 g/mol. The monoisotopic (exact) mass is 388 g/mol. The van der Waals surface area contributed by atoms with E-state index in [2.05, 4.69) is 20.3 Å². The van der Waals surface area contributed by atoms with Gasteiger partial charge in [-0.2, -0.15) is 13.9 Å². The molecule has 0 aliphatic carbocycles. The number of benzene rings is 2. The SMILES string of the molecule is Cc1cc([N+](=O)[O-])ccc1NC(=O)c1cc(-c2ccc(OC(F)F)cc2)n[nH]1. The first-order valence-corrected chi connectivity index (χ1v) is 8.00. The van der Waals surface area contributed by atoms with Crippen LogP contribution in [0, 0.1) is 17.0 Å². The second-order valence-electron chi connectivity index (χ2n) is 5.78. The normalized spacial score (nSPS) is 10.7. The number of nitro groups is 1. The van der Waals surface area contributed by atoms with E-state index < -0.39 is 17.4 Å². The predicted octanol–water partition coefficient (Wildman–Crippen LogP) is 4.15. The lowest BCUT2D eigenvalue weighted by Crippen LogP contribution is -2.13. The zero-order valence-corrected chi connectivity index (χ0v) is 14.5. The average molecular weight is 388 g/mol. The van der Waals surface area contributed by atoms with Crippen LogP contribution in [0.4, 0.5) is 20.2 Å². The van der Waals surface area contributed by atoms with E-state index >= 15 is 0 Å². The van der Waals surface area contributed by atoms with Gasteiger partial charge < -0.3 is 10.1 Å². The maximum absolute atomic E-state index is 12.4. The Labute approximate surface area is 157 Å². The van der Waals surface area contributed by atoms with Crippen molar-refractivity contribution in [3.8, 4) is 17.0 Å². The molecule has 0 atom stereocenters. The molecule has 0 fully saturated rings. The number of carbonyl (C=O) groups excluding carboxylic acids is 1. The van der Waals surface area contributed by atoms with E-state index in [1.165, 1.54) is 48.5 Å². The summed E-state index contributed by atoms with van der Waals surface area (Å²) in [4.78, 5) is 22.6. The second-order valence-corrected chi connectivity index (χ2v) is 5.78. The van der Waals surface area contributed by atoms with Gasteiger partial charge in [-0.1, -0.05) is 0 Å². The number of ether oxygens (including phenoxy) is 1. The molecule has 0 saturated carbocycles. The number of aromatic nitrogens is 2. The molecule has 8 nitrogen and oxygen atoms in total. The van der Waals surface area contributed by atoms with Gasteiger partial charge in [0.25, 0.3) is 11.6 Å². The Bertz CT molecular complexity index is 1020. The number of H-pyrrole nitrogens is 1. The Morgan fingerprint density at radius 3 is 2.54 bits per heavy atom. The van der Waals surface area contributed by atoms with Gasteiger partial charge in [0.15, 0.2) is 0 Å². The lowest BCUT2D eigenvalue weighted by molar-refractivity contribution is -0.384. The van der Waals surface area contributed by atoms with Gasteiger partial charge in [0, 0.05) is 23.4 Å². The summed E-state index contributed by atoms with van der Waals surface area (Å²) in [7, 11) is 0. The first-order chi connectivity index (χ1) is 13.3. The molecular formula is C18H14F2N4O4. The van der Waals surface area contributed by atoms with Crippen molar-refractivity contribution in [3.05, 3.63) is 69.9 Å². The van der Waals surface area contributed by atoms with Crippen LogP contribution in [-0.4, -0.2) is 27.6 Å². The zero-order valence-electron chi connectivity index (χ0n) is 14.5. The summed E-state index contributed by atoms with van der Waals surface area (Å²) in [5, 5.41) is 20.1. The summed E-state index contributed by atoms with van der Waals surface area (Å²) < 4.78 is 28.7. The fourth-order valence-electron chi connectivity index (χ4n) is 2.48. The number of halogens is 2. The van der Waals surface area contributed by atoms with Crippen LogP contribution in [0.25, 0.3) is 11.3 Å². The number of hydrogen-bond donors (Lipinski definition) is 2. The van der Waals surface area contributed by atoms with E-state index in [1.54, 1.807) is 6.92 Å². The van der Waals surface area contributed by atoms with Gasteiger partial charge in [-0.25, -0.2) is 0 Å². The quantitative estimate of drug-likeness (QED) is 0.487. The standard InChI is InChI=1S/C18H14F2N4O4/c1-10-8-12(24(26)27)4-7-14(10)21-17(25)16-9-15(22-23-16)11-2-5-13(6-3-11)28-18(19)20/h2-9,18H,1H3,(H,21,25)(H,22,23). The smallest absolute Gasteiger partial charge is 0.387 e. The van der Waals surface area contributed by atoms with Gasteiger partial charge in [-0.05, 0) is 48.9 Å². The van der Waals surface area contributed by atoms with E-state index in [4.69, 9.17) is 0 Å². The van der Waals surface area contributed by atoms with Gasteiger partial charge in [-0.3, -0.25) is 20.0 Å². The number of non-ortho nitro benzene ring substituents is 1. The maximum Gasteiger partial charge on any atom is 0.387 e. The molecule has 144 valence electrons. The molecule has 3 aromatic rings. The van der Waals surface area contributed by atoms with Crippen LogP contribution in [0.3, 0.4) is 0 Å². The first-order valence-electron chi connectivity index (χ1n) is 8.00. The number of amides is 1. The van der Waals surface area contributed by atoms with Gasteiger partial charge in [0.2, 0.25) is 0 Å². The van der Waals surface area contributed by atoms with E-state index in [0.29, 0.717) is 22.5 Å². The molecule has 0 spiro atoms. The minimum absolute atomic E-state index is 0.0147. The highest BCUT2D eigenvalue weighted by Crippen LogP contribution is 2.24. The highest BCUT2D eigenvalue weighted by atomic mass is 19.3. The molecule has 2 N–H and O–H groups in total. The minimum Gasteiger partial charge on any atom is -0.435 e. The van der Waals surface area contributed by atoms with E-state index in [1.807, 2.05) is 0 Å². The summed E-state index contributed by atoms with van der Waals surface area (Å²) in [6.45, 7) is -1.27. The van der Waals surface area contributed by atoms with Crippen molar-refractivity contribution in [2.24, 2.45) is 0 Å². The summed E-state index contributed by atoms with van der Waals surface area (Å²) in [5.74, 6) is -0.464. The number of nitrogens with one attached hydrogen (secondary N) is 2. The number of rotatable bonds is 6. The van der Waals surface area contributed by atoms with Crippen LogP contribution >= 0.6 is 0 Å². The molecule has 3 rings (SSSR count). The van der Waals surface area contributed by atoms with Crippen molar-refractivity contribution >= 4 is 17.3 Å². The zero-order chi connectivity index (χ0) is 20.3. The summed E-state index contributed by atoms with van der Waals surface area (Å²) in [5.41, 5.74) is 2.11. The Hall–Kier alpha value is -3.82. The van der Waals surface area contributed by atoms with Crippen molar-refractivity contribution in [1.29, 1.82) is 0 Å². The number of nitro benzene ring substituents is 1. The lowest BCUT2D eigenvalue weighted by atomic mass is 10.1. The molecule has 0 bridgehead atoms. The molecule has 0 aliphatic rings. The molecule has 0 unspecified atom stereocenters. The van der Waals surface area contributed by atoms with Gasteiger partial charge in [0.1, 0.15) is 11.4 Å². The average Bonchev–Trinajstić information content (AvgIpc) is 3.13. The highest BCUT2D eigenvalue weighted by molar-refractivity contribution is 6.03. The third kappa shape index (κ3) is 4.29. The van der Waals surface area contributed by atoms with Crippen molar-refractivity contribution in [2.45, 2.75) is 13.5 Å². The fraction of sp³-hybridized carbons (Fsp3) is 0.111. The van der Waals surface area contributed by atoms with Crippen LogP contribution in [0.2, 0.25) is 0 Å². The van der Waals surface area contributed by atoms with Gasteiger partial charge >= 0.3 is 6.61 Å². The van der Waals surface area contributed by atoms with Crippen molar-refractivity contribution in [2.75, 3.05) is 5.32 Å². The summed E-state index contributed by atoms with van der Waals surface area (Å²) >= 11 is 0. The van der Waals surface area contributed by atoms with E-state index in [-0.39, 0.29) is 17.1 Å². The summed E-state index contributed by atoms with van der Waals surface area (Å²) in [6.07, 6.45) is 0. The van der Waals surface area contributed by atoms with Crippen LogP contribution < -0.4 is 10.1 Å². The predicted molar refractivity (Wildman–Crippen MR) is 96.4 cm³/mol. The van der Waals surface area contributed by atoms with Gasteiger partial charge in [-0.15, -0.1) is 0 Å². The van der Waals surface area contributed by atoms with Crippen LogP contribution in [0.15, 0.2) is 48.5 Å². The summed E-state index contributed by atoms with van der Waals surface area (Å²) in [6, 6.07) is 11.4. The number of aromatic amines is 1. The Kier molecular flexibility index (Phi) is 5.30. The van der Waals surface area contributed by atoms with Crippen molar-refractivity contribution < 1.29 is 23.2 Å². The third-order valence-corrected chi connectivity index (χ3v) is 3.87. The lowest BCUT2D eigenvalue weighted by Gasteiger charge is -2.06. The topological polar surface area (TPSA) is 110 Å². The van der Waals surface area contributed by atoms with Crippen LogP contribution in [0.1, 0.15) is 16.1 Å². The van der Waals surface area contributed by atoms with E-state index in [9.17, 15) is 23.7 Å². The molecule has 1 aromatic heterocycles. The number of carbonyl (C=O) groups is 1. The highest BCUT2D eigenvalue weighted by Gasteiger charge is 2.14. The second kappa shape index (κ2) is 7.82. The first kappa shape index (κ1) is 19.0. The van der Waals surface area contributed by atoms with Gasteiger partial charge in [0.05, 0.1) is 10.6 Å². The molecule has 10 heteroatoms. The van der Waals surface area contributed by atoms with Crippen molar-refractivity contribution in [3.63, 3.8) is 0 Å². The van der Waals surface area contributed by atoms with Crippen LogP contribution in [-0.2, 0) is 0 Å². The molecule has 28 heavy (non-hydrogen) atoms. The third-order valence-electron chi connectivity index (χ3n) is 3.87. The van der Waals surface area contributed by atoms with Crippen LogP contribution in [0.5, 0.6) is 5.75 Å². The maximum atomic E-state index is 12.4. The minimum atomic E-state index is -2.91. The number of nitrogens with zero attached hydrogens (tertiary/aromatic N) is 2. The molecule has 1 heterocycles. The largest absolute Gasteiger partial charge is 0.435 e.